The fourth-order valence-corrected chi connectivity index (χ4v) is 1.57. The van der Waals surface area contributed by atoms with E-state index < -0.39 is 0 Å². The summed E-state index contributed by atoms with van der Waals surface area (Å²) in [6.07, 6.45) is 4.93. The Labute approximate surface area is 98.5 Å². The number of H-pyrrole nitrogens is 1. The van der Waals surface area contributed by atoms with Gasteiger partial charge in [0.15, 0.2) is 0 Å². The smallest absolute Gasteiger partial charge is 0.134 e. The lowest BCUT2D eigenvalue weighted by atomic mass is 10.4. The Balaban J connectivity index is 2.16. The normalized spacial score (nSPS) is 10.4. The number of imidazole rings is 1. The van der Waals surface area contributed by atoms with Gasteiger partial charge in [-0.3, -0.25) is 0 Å². The first-order chi connectivity index (χ1) is 7.79. The molecule has 0 radical (unpaired) electrons. The van der Waals surface area contributed by atoms with Crippen LogP contribution in [0.25, 0.3) is 0 Å². The maximum atomic E-state index is 5.83. The predicted octanol–water partition coefficient (Wildman–Crippen LogP) is 1.88. The molecule has 0 amide bonds. The molecule has 0 aromatic carbocycles. The van der Waals surface area contributed by atoms with Crippen LogP contribution in [0.15, 0.2) is 24.9 Å². The van der Waals surface area contributed by atoms with Crippen molar-refractivity contribution in [2.75, 3.05) is 11.4 Å². The van der Waals surface area contributed by atoms with E-state index in [-0.39, 0.29) is 0 Å². The molecule has 5 nitrogen and oxygen atoms in total. The van der Waals surface area contributed by atoms with E-state index in [9.17, 15) is 0 Å². The first kappa shape index (κ1) is 10.9. The zero-order chi connectivity index (χ0) is 11.4. The third-order valence-electron chi connectivity index (χ3n) is 2.24. The lowest BCUT2D eigenvalue weighted by Crippen LogP contribution is -2.23. The second-order valence-corrected chi connectivity index (χ2v) is 3.68. The van der Waals surface area contributed by atoms with Gasteiger partial charge in [0.1, 0.15) is 17.3 Å². The minimum absolute atomic E-state index is 0.452. The van der Waals surface area contributed by atoms with Gasteiger partial charge < -0.3 is 9.88 Å². The SMILES string of the molecule is CCN(Cc1cnc[nH]1)c1cc(Cl)ncn1. The Morgan fingerprint density at radius 2 is 2.31 bits per heavy atom. The van der Waals surface area contributed by atoms with Gasteiger partial charge in [0.05, 0.1) is 18.6 Å². The van der Waals surface area contributed by atoms with E-state index in [1.54, 1.807) is 18.6 Å². The van der Waals surface area contributed by atoms with E-state index in [0.717, 1.165) is 24.6 Å². The molecule has 84 valence electrons. The number of aromatic nitrogens is 4. The lowest BCUT2D eigenvalue weighted by Gasteiger charge is -2.20. The summed E-state index contributed by atoms with van der Waals surface area (Å²) in [7, 11) is 0. The highest BCUT2D eigenvalue weighted by molar-refractivity contribution is 6.29. The molecule has 2 aromatic rings. The molecule has 0 atom stereocenters. The molecule has 16 heavy (non-hydrogen) atoms. The quantitative estimate of drug-likeness (QED) is 0.825. The predicted molar refractivity (Wildman–Crippen MR) is 62.4 cm³/mol. The Kier molecular flexibility index (Phi) is 3.36. The van der Waals surface area contributed by atoms with Gasteiger partial charge in [-0.05, 0) is 6.92 Å². The van der Waals surface area contributed by atoms with Crippen molar-refractivity contribution in [1.82, 2.24) is 19.9 Å². The highest BCUT2D eigenvalue weighted by atomic mass is 35.5. The fourth-order valence-electron chi connectivity index (χ4n) is 1.43. The second-order valence-electron chi connectivity index (χ2n) is 3.29. The summed E-state index contributed by atoms with van der Waals surface area (Å²) in [6, 6.07) is 1.75. The second kappa shape index (κ2) is 4.94. The van der Waals surface area contributed by atoms with Gasteiger partial charge in [0.25, 0.3) is 0 Å². The zero-order valence-corrected chi connectivity index (χ0v) is 9.65. The summed E-state index contributed by atoms with van der Waals surface area (Å²) in [5.41, 5.74) is 1.04. The van der Waals surface area contributed by atoms with Crippen molar-refractivity contribution in [3.63, 3.8) is 0 Å². The number of hydrogen-bond donors (Lipinski definition) is 1. The van der Waals surface area contributed by atoms with Crippen LogP contribution < -0.4 is 4.90 Å². The summed E-state index contributed by atoms with van der Waals surface area (Å²) in [5, 5.41) is 0.452. The number of nitrogens with one attached hydrogen (secondary N) is 1. The van der Waals surface area contributed by atoms with E-state index in [0.29, 0.717) is 5.15 Å². The zero-order valence-electron chi connectivity index (χ0n) is 8.89. The number of rotatable bonds is 4. The highest BCUT2D eigenvalue weighted by Crippen LogP contribution is 2.15. The summed E-state index contributed by atoms with van der Waals surface area (Å²) in [5.74, 6) is 0.817. The minimum Gasteiger partial charge on any atom is -0.351 e. The Hall–Kier alpha value is -1.62. The molecular formula is C10H12ClN5. The van der Waals surface area contributed by atoms with Crippen LogP contribution in [0.2, 0.25) is 5.15 Å². The maximum absolute atomic E-state index is 5.83. The van der Waals surface area contributed by atoms with Gasteiger partial charge in [-0.2, -0.15) is 0 Å². The highest BCUT2D eigenvalue weighted by Gasteiger charge is 2.08. The number of anilines is 1. The van der Waals surface area contributed by atoms with E-state index in [1.165, 1.54) is 6.33 Å². The molecule has 0 aliphatic rings. The summed E-state index contributed by atoms with van der Waals surface area (Å²) < 4.78 is 0. The van der Waals surface area contributed by atoms with Crippen LogP contribution >= 0.6 is 11.6 Å². The van der Waals surface area contributed by atoms with Crippen LogP contribution in [0.5, 0.6) is 0 Å². The van der Waals surface area contributed by atoms with Crippen LogP contribution in [-0.2, 0) is 6.54 Å². The van der Waals surface area contributed by atoms with Crippen molar-refractivity contribution in [3.8, 4) is 0 Å². The molecule has 0 aliphatic heterocycles. The molecular weight excluding hydrogens is 226 g/mol. The molecule has 0 saturated carbocycles. The Morgan fingerprint density at radius 3 is 2.94 bits per heavy atom. The van der Waals surface area contributed by atoms with Gasteiger partial charge in [-0.25, -0.2) is 15.0 Å². The van der Waals surface area contributed by atoms with Gasteiger partial charge in [0.2, 0.25) is 0 Å². The number of aromatic amines is 1. The van der Waals surface area contributed by atoms with Crippen LogP contribution in [0.3, 0.4) is 0 Å². The van der Waals surface area contributed by atoms with E-state index >= 15 is 0 Å². The standard InChI is InChI=1S/C10H12ClN5/c1-2-16(5-8-4-12-6-13-8)10-3-9(11)14-7-15-10/h3-4,6-7H,2,5H2,1H3,(H,12,13). The molecule has 0 bridgehead atoms. The van der Waals surface area contributed by atoms with Gasteiger partial charge in [-0.15, -0.1) is 0 Å². The maximum Gasteiger partial charge on any atom is 0.134 e. The molecule has 0 saturated heterocycles. The van der Waals surface area contributed by atoms with Gasteiger partial charge in [0, 0.05) is 18.8 Å². The number of nitrogens with zero attached hydrogens (tertiary/aromatic N) is 4. The average Bonchev–Trinajstić information content (AvgIpc) is 2.78. The monoisotopic (exact) mass is 237 g/mol. The fraction of sp³-hybridized carbons (Fsp3) is 0.300. The van der Waals surface area contributed by atoms with Crippen LogP contribution in [0.1, 0.15) is 12.6 Å². The van der Waals surface area contributed by atoms with Crippen LogP contribution in [0.4, 0.5) is 5.82 Å². The summed E-state index contributed by atoms with van der Waals surface area (Å²) in [6.45, 7) is 3.63. The van der Waals surface area contributed by atoms with Crippen LogP contribution in [-0.4, -0.2) is 26.5 Å². The lowest BCUT2D eigenvalue weighted by molar-refractivity contribution is 0.795. The molecule has 2 rings (SSSR count). The van der Waals surface area contributed by atoms with Crippen molar-refractivity contribution in [2.24, 2.45) is 0 Å². The molecule has 0 fully saturated rings. The Bertz CT molecular complexity index is 442. The van der Waals surface area contributed by atoms with Gasteiger partial charge >= 0.3 is 0 Å². The molecule has 2 heterocycles. The van der Waals surface area contributed by atoms with Crippen LogP contribution in [0, 0.1) is 0 Å². The topological polar surface area (TPSA) is 57.7 Å². The molecule has 2 aromatic heterocycles. The van der Waals surface area contributed by atoms with E-state index in [1.807, 2.05) is 0 Å². The number of hydrogen-bond acceptors (Lipinski definition) is 4. The molecule has 0 unspecified atom stereocenters. The molecule has 1 N–H and O–H groups in total. The van der Waals surface area contributed by atoms with E-state index in [4.69, 9.17) is 11.6 Å². The van der Waals surface area contributed by atoms with E-state index in [2.05, 4.69) is 31.8 Å². The minimum atomic E-state index is 0.452. The summed E-state index contributed by atoms with van der Waals surface area (Å²) >= 11 is 5.83. The summed E-state index contributed by atoms with van der Waals surface area (Å²) in [4.78, 5) is 17.2. The third kappa shape index (κ3) is 2.49. The number of halogens is 1. The van der Waals surface area contributed by atoms with Crippen molar-refractivity contribution in [3.05, 3.63) is 35.8 Å². The van der Waals surface area contributed by atoms with Crippen molar-refractivity contribution in [1.29, 1.82) is 0 Å². The third-order valence-corrected chi connectivity index (χ3v) is 2.45. The first-order valence-electron chi connectivity index (χ1n) is 4.99. The van der Waals surface area contributed by atoms with Gasteiger partial charge in [-0.1, -0.05) is 11.6 Å². The molecule has 0 aliphatic carbocycles. The molecule has 6 heteroatoms. The molecule has 0 spiro atoms. The van der Waals surface area contributed by atoms with Crippen molar-refractivity contribution < 1.29 is 0 Å². The Morgan fingerprint density at radius 1 is 1.44 bits per heavy atom. The average molecular weight is 238 g/mol. The first-order valence-corrected chi connectivity index (χ1v) is 5.37. The van der Waals surface area contributed by atoms with Crippen molar-refractivity contribution in [2.45, 2.75) is 13.5 Å². The largest absolute Gasteiger partial charge is 0.351 e. The van der Waals surface area contributed by atoms with Crippen molar-refractivity contribution >= 4 is 17.4 Å².